The van der Waals surface area contributed by atoms with Crippen molar-refractivity contribution in [3.05, 3.63) is 17.5 Å². The standard InChI is InChI=1S/C24H32N6O4S/c1-4-34-17-8-16-19(12(3)26-17)29-23(35-16)18-11(2)27-24(25-9-13-5-6-13)30-22(18)28-15-7-14(10-31)20(32)21(15)33/h8,13-15,20-21,31-33H,4-7,9-10H2,1-3H3,(H2,25,27,28,30)/t14-,15?,20-,21+/m1/s1. The summed E-state index contributed by atoms with van der Waals surface area (Å²) in [6.07, 6.45) is 0.838. The topological polar surface area (TPSA) is 146 Å². The predicted molar refractivity (Wildman–Crippen MR) is 135 cm³/mol. The molecule has 1 unspecified atom stereocenters. The molecule has 0 aliphatic heterocycles. The fraction of sp³-hybridized carbons (Fsp3) is 0.583. The summed E-state index contributed by atoms with van der Waals surface area (Å²) in [6.45, 7) is 6.92. The average Bonchev–Trinajstić information content (AvgIpc) is 3.50. The van der Waals surface area contributed by atoms with E-state index in [4.69, 9.17) is 19.7 Å². The molecule has 188 valence electrons. The zero-order valence-electron chi connectivity index (χ0n) is 20.2. The van der Waals surface area contributed by atoms with Gasteiger partial charge in [-0.2, -0.15) is 4.98 Å². The second-order valence-corrected chi connectivity index (χ2v) is 10.5. The van der Waals surface area contributed by atoms with Gasteiger partial charge in [-0.15, -0.1) is 11.3 Å². The van der Waals surface area contributed by atoms with Gasteiger partial charge >= 0.3 is 0 Å². The van der Waals surface area contributed by atoms with Crippen LogP contribution in [0, 0.1) is 25.7 Å². The van der Waals surface area contributed by atoms with Gasteiger partial charge in [0.05, 0.1) is 40.4 Å². The molecular weight excluding hydrogens is 468 g/mol. The first kappa shape index (κ1) is 24.1. The minimum absolute atomic E-state index is 0.188. The van der Waals surface area contributed by atoms with Gasteiger partial charge in [-0.3, -0.25) is 0 Å². The summed E-state index contributed by atoms with van der Waals surface area (Å²) < 4.78 is 6.56. The van der Waals surface area contributed by atoms with Crippen LogP contribution in [0.15, 0.2) is 6.07 Å². The number of anilines is 2. The minimum atomic E-state index is -1.02. The molecule has 3 heterocycles. The monoisotopic (exact) mass is 500 g/mol. The molecular formula is C24H32N6O4S. The largest absolute Gasteiger partial charge is 0.478 e. The predicted octanol–water partition coefficient (Wildman–Crippen LogP) is 2.50. The van der Waals surface area contributed by atoms with Gasteiger partial charge < -0.3 is 30.7 Å². The van der Waals surface area contributed by atoms with Crippen molar-refractivity contribution >= 4 is 33.3 Å². The Labute approximate surface area is 207 Å². The van der Waals surface area contributed by atoms with Crippen molar-refractivity contribution in [3.8, 4) is 16.5 Å². The third kappa shape index (κ3) is 4.90. The molecule has 5 rings (SSSR count). The van der Waals surface area contributed by atoms with Gasteiger partial charge in [0, 0.05) is 25.1 Å². The molecule has 0 aromatic carbocycles. The second-order valence-electron chi connectivity index (χ2n) is 9.44. The number of pyridine rings is 1. The summed E-state index contributed by atoms with van der Waals surface area (Å²) in [4.78, 5) is 18.8. The lowest BCUT2D eigenvalue weighted by atomic mass is 10.1. The number of aliphatic hydroxyl groups excluding tert-OH is 3. The van der Waals surface area contributed by atoms with E-state index in [1.807, 2.05) is 26.8 Å². The molecule has 2 aliphatic rings. The third-order valence-corrected chi connectivity index (χ3v) is 7.75. The quantitative estimate of drug-likeness (QED) is 0.297. The first-order valence-corrected chi connectivity index (χ1v) is 13.0. The third-order valence-electron chi connectivity index (χ3n) is 6.73. The number of aliphatic hydroxyl groups is 3. The number of hydrogen-bond donors (Lipinski definition) is 5. The molecule has 4 atom stereocenters. The summed E-state index contributed by atoms with van der Waals surface area (Å²) in [6, 6.07) is 1.43. The number of rotatable bonds is 9. The van der Waals surface area contributed by atoms with Crippen molar-refractivity contribution < 1.29 is 20.1 Å². The molecule has 0 spiro atoms. The minimum Gasteiger partial charge on any atom is -0.478 e. The smallest absolute Gasteiger partial charge is 0.224 e. The van der Waals surface area contributed by atoms with Crippen LogP contribution in [0.2, 0.25) is 0 Å². The van der Waals surface area contributed by atoms with E-state index >= 15 is 0 Å². The number of thiazole rings is 1. The van der Waals surface area contributed by atoms with Crippen molar-refractivity contribution in [1.29, 1.82) is 0 Å². The lowest BCUT2D eigenvalue weighted by Gasteiger charge is -2.21. The molecule has 3 aromatic heterocycles. The molecule has 0 saturated heterocycles. The Hall–Kier alpha value is -2.60. The van der Waals surface area contributed by atoms with Crippen LogP contribution in [-0.4, -0.2) is 73.3 Å². The van der Waals surface area contributed by atoms with Crippen LogP contribution in [0.3, 0.4) is 0 Å². The van der Waals surface area contributed by atoms with Crippen molar-refractivity contribution in [1.82, 2.24) is 19.9 Å². The van der Waals surface area contributed by atoms with Gasteiger partial charge in [0.25, 0.3) is 0 Å². The lowest BCUT2D eigenvalue weighted by molar-refractivity contribution is 0.00446. The molecule has 11 heteroatoms. The molecule has 3 aromatic rings. The number of aryl methyl sites for hydroxylation is 2. The van der Waals surface area contributed by atoms with E-state index in [1.54, 1.807) is 0 Å². The van der Waals surface area contributed by atoms with Crippen molar-refractivity contribution in [3.63, 3.8) is 0 Å². The number of nitrogens with zero attached hydrogens (tertiary/aromatic N) is 4. The molecule has 0 bridgehead atoms. The SMILES string of the molecule is CCOc1cc2sc(-c3c(C)nc(NCC4CC4)nc3NC3C[C@H](CO)[C@@H](O)[C@H]3O)nc2c(C)n1. The molecule has 10 nitrogen and oxygen atoms in total. The highest BCUT2D eigenvalue weighted by Crippen LogP contribution is 2.39. The van der Waals surface area contributed by atoms with Gasteiger partial charge in [-0.05, 0) is 46.0 Å². The summed E-state index contributed by atoms with van der Waals surface area (Å²) in [5.41, 5.74) is 3.08. The van der Waals surface area contributed by atoms with Gasteiger partial charge in [0.1, 0.15) is 22.4 Å². The number of aromatic nitrogens is 4. The maximum Gasteiger partial charge on any atom is 0.224 e. The van der Waals surface area contributed by atoms with Crippen molar-refractivity contribution in [2.45, 2.75) is 58.3 Å². The summed E-state index contributed by atoms with van der Waals surface area (Å²) in [5.74, 6) is 1.89. The van der Waals surface area contributed by atoms with E-state index in [0.29, 0.717) is 36.6 Å². The van der Waals surface area contributed by atoms with Crippen LogP contribution in [0.25, 0.3) is 20.8 Å². The fourth-order valence-electron chi connectivity index (χ4n) is 4.57. The van der Waals surface area contributed by atoms with E-state index in [-0.39, 0.29) is 6.61 Å². The molecule has 35 heavy (non-hydrogen) atoms. The molecule has 2 fully saturated rings. The van der Waals surface area contributed by atoms with Crippen LogP contribution in [-0.2, 0) is 0 Å². The maximum absolute atomic E-state index is 10.6. The Morgan fingerprint density at radius 3 is 2.57 bits per heavy atom. The molecule has 5 N–H and O–H groups in total. The Kier molecular flexibility index (Phi) is 6.75. The van der Waals surface area contributed by atoms with Crippen LogP contribution >= 0.6 is 11.3 Å². The summed E-state index contributed by atoms with van der Waals surface area (Å²) in [5, 5.41) is 37.9. The Bertz CT molecular complexity index is 1220. The van der Waals surface area contributed by atoms with E-state index in [0.717, 1.165) is 38.7 Å². The van der Waals surface area contributed by atoms with Crippen molar-refractivity contribution in [2.24, 2.45) is 11.8 Å². The molecule has 2 aliphatic carbocycles. The van der Waals surface area contributed by atoms with Crippen LogP contribution in [0.5, 0.6) is 5.88 Å². The maximum atomic E-state index is 10.6. The van der Waals surface area contributed by atoms with Gasteiger partial charge in [-0.1, -0.05) is 0 Å². The van der Waals surface area contributed by atoms with Crippen LogP contribution in [0.4, 0.5) is 11.8 Å². The zero-order valence-corrected chi connectivity index (χ0v) is 21.0. The highest BCUT2D eigenvalue weighted by atomic mass is 32.1. The second kappa shape index (κ2) is 9.81. The van der Waals surface area contributed by atoms with Gasteiger partial charge in [0.15, 0.2) is 0 Å². The van der Waals surface area contributed by atoms with Crippen LogP contribution < -0.4 is 15.4 Å². The number of fused-ring (bicyclic) bond motifs is 1. The first-order valence-electron chi connectivity index (χ1n) is 12.1. The normalized spacial score (nSPS) is 24.2. The van der Waals surface area contributed by atoms with E-state index in [9.17, 15) is 15.3 Å². The Morgan fingerprint density at radius 1 is 1.09 bits per heavy atom. The van der Waals surface area contributed by atoms with E-state index < -0.39 is 24.2 Å². The average molecular weight is 501 g/mol. The van der Waals surface area contributed by atoms with Crippen LogP contribution in [0.1, 0.15) is 37.6 Å². The Balaban J connectivity index is 1.54. The van der Waals surface area contributed by atoms with E-state index in [1.165, 1.54) is 24.2 Å². The lowest BCUT2D eigenvalue weighted by Crippen LogP contribution is -2.35. The highest BCUT2D eigenvalue weighted by Gasteiger charge is 2.41. The van der Waals surface area contributed by atoms with Gasteiger partial charge in [-0.25, -0.2) is 15.0 Å². The highest BCUT2D eigenvalue weighted by molar-refractivity contribution is 7.21. The summed E-state index contributed by atoms with van der Waals surface area (Å²) >= 11 is 1.51. The van der Waals surface area contributed by atoms with Crippen molar-refractivity contribution in [2.75, 3.05) is 30.4 Å². The van der Waals surface area contributed by atoms with Gasteiger partial charge in [0.2, 0.25) is 11.8 Å². The number of hydrogen-bond acceptors (Lipinski definition) is 11. The Morgan fingerprint density at radius 2 is 1.89 bits per heavy atom. The van der Waals surface area contributed by atoms with E-state index in [2.05, 4.69) is 15.6 Å². The molecule has 0 amide bonds. The molecule has 0 radical (unpaired) electrons. The summed E-state index contributed by atoms with van der Waals surface area (Å²) in [7, 11) is 0. The number of nitrogens with one attached hydrogen (secondary N) is 2. The fourth-order valence-corrected chi connectivity index (χ4v) is 5.72. The number of ether oxygens (including phenoxy) is 1. The first-order chi connectivity index (χ1) is 16.9. The molecule has 2 saturated carbocycles. The zero-order chi connectivity index (χ0) is 24.7.